The largest absolute Gasteiger partial charge is 0.423 e. The third kappa shape index (κ3) is 4.54. The van der Waals surface area contributed by atoms with Crippen LogP contribution in [0.4, 0.5) is 46.9 Å². The van der Waals surface area contributed by atoms with Gasteiger partial charge < -0.3 is 15.7 Å². The summed E-state index contributed by atoms with van der Waals surface area (Å²) in [6, 6.07) is 4.26. The highest BCUT2D eigenvalue weighted by molar-refractivity contribution is 6.31. The summed E-state index contributed by atoms with van der Waals surface area (Å²) in [5.41, 5.74) is -5.24. The Hall–Kier alpha value is -4.37. The van der Waals surface area contributed by atoms with Gasteiger partial charge in [-0.2, -0.15) is 18.3 Å². The molecule has 3 heterocycles. The van der Waals surface area contributed by atoms with Crippen LogP contribution in [-0.2, 0) is 12.1 Å². The Kier molecular flexibility index (Phi) is 6.58. The fourth-order valence-electron chi connectivity index (χ4n) is 5.48. The Labute approximate surface area is 241 Å². The maximum absolute atomic E-state index is 14.2. The average molecular weight is 628 g/mol. The molecule has 0 aliphatic carbocycles. The molecule has 224 valence electrons. The molecule has 0 saturated heterocycles. The zero-order chi connectivity index (χ0) is 31.0. The summed E-state index contributed by atoms with van der Waals surface area (Å²) < 4.78 is 97.5. The van der Waals surface area contributed by atoms with Crippen LogP contribution in [-0.4, -0.2) is 46.0 Å². The molecule has 2 aliphatic heterocycles. The first-order valence-corrected chi connectivity index (χ1v) is 12.8. The van der Waals surface area contributed by atoms with Gasteiger partial charge in [0.25, 0.3) is 12.3 Å². The first-order chi connectivity index (χ1) is 20.2. The number of urea groups is 1. The molecular weight excluding hydrogens is 611 g/mol. The van der Waals surface area contributed by atoms with Crippen LogP contribution in [0.15, 0.2) is 48.7 Å². The van der Waals surface area contributed by atoms with Gasteiger partial charge in [-0.25, -0.2) is 22.4 Å². The van der Waals surface area contributed by atoms with Gasteiger partial charge in [0.2, 0.25) is 5.60 Å². The van der Waals surface area contributed by atoms with Gasteiger partial charge in [0.15, 0.2) is 0 Å². The van der Waals surface area contributed by atoms with Gasteiger partial charge in [-0.3, -0.25) is 14.4 Å². The fourth-order valence-corrected chi connectivity index (χ4v) is 5.71. The summed E-state index contributed by atoms with van der Waals surface area (Å²) in [7, 11) is 0. The van der Waals surface area contributed by atoms with E-state index in [2.05, 4.69) is 15.7 Å². The van der Waals surface area contributed by atoms with Crippen molar-refractivity contribution in [1.29, 1.82) is 0 Å². The molecule has 0 saturated carbocycles. The molecule has 8 nitrogen and oxygen atoms in total. The van der Waals surface area contributed by atoms with E-state index in [9.17, 15) is 45.4 Å². The molecule has 2 atom stereocenters. The van der Waals surface area contributed by atoms with Crippen molar-refractivity contribution in [2.45, 2.75) is 30.8 Å². The number of nitrogens with zero attached hydrogens (tertiary/aromatic N) is 3. The third-order valence-electron chi connectivity index (χ3n) is 7.40. The molecule has 0 fully saturated rings. The SMILES string of the molecule is O=C1NC(c2cc(F)ccc2Cl)c2c(NC(=O)N3C[C@](O)(C(F)(F)F)c4cc(F)ccc43)cc3c(cnn3CC(F)F)c21. The normalized spacial score (nSPS) is 19.6. The number of amides is 3. The number of anilines is 2. The number of hydrogen-bond acceptors (Lipinski definition) is 4. The molecular formula is C27H17ClF7N5O3. The highest BCUT2D eigenvalue weighted by Gasteiger charge is 2.61. The number of β-amino-alcohol motifs (C(OH)–C–C–N with tert-alkyl or cyclic N) is 1. The highest BCUT2D eigenvalue weighted by atomic mass is 35.5. The van der Waals surface area contributed by atoms with Gasteiger partial charge in [0, 0.05) is 27.1 Å². The van der Waals surface area contributed by atoms with Crippen molar-refractivity contribution in [3.05, 3.63) is 87.6 Å². The van der Waals surface area contributed by atoms with Gasteiger partial charge in [-0.1, -0.05) is 11.6 Å². The standard InChI is InChI=1S/C27H17ClF7N5O3/c28-16-3-1-11(29)5-13(16)23-22-17(7-19-14(21(22)24(41)38-23)8-36-40(19)9-20(31)32)37-25(42)39-10-26(43,27(33,34)35)15-6-12(30)2-4-18(15)39/h1-8,20,23,43H,9-10H2,(H,37,42)(H,38,41)/t23?,26-/m1/s1. The summed E-state index contributed by atoms with van der Waals surface area (Å²) in [6.45, 7) is -2.23. The number of benzene rings is 3. The number of aromatic nitrogens is 2. The van der Waals surface area contributed by atoms with Gasteiger partial charge in [-0.05, 0) is 42.5 Å². The van der Waals surface area contributed by atoms with E-state index in [1.54, 1.807) is 0 Å². The second kappa shape index (κ2) is 9.84. The van der Waals surface area contributed by atoms with E-state index < -0.39 is 72.2 Å². The zero-order valence-electron chi connectivity index (χ0n) is 21.3. The van der Waals surface area contributed by atoms with Gasteiger partial charge in [0.1, 0.15) is 18.2 Å². The predicted molar refractivity (Wildman–Crippen MR) is 139 cm³/mol. The first kappa shape index (κ1) is 28.7. The van der Waals surface area contributed by atoms with Crippen LogP contribution in [0.25, 0.3) is 10.9 Å². The van der Waals surface area contributed by atoms with Crippen molar-refractivity contribution < 1.29 is 45.4 Å². The molecule has 0 bridgehead atoms. The number of halogens is 8. The number of hydrogen-bond donors (Lipinski definition) is 3. The molecule has 2 aliphatic rings. The summed E-state index contributed by atoms with van der Waals surface area (Å²) in [5, 5.41) is 19.6. The van der Waals surface area contributed by atoms with E-state index in [0.717, 1.165) is 35.1 Å². The molecule has 0 radical (unpaired) electrons. The number of rotatable bonds is 4. The molecule has 3 aromatic carbocycles. The Morgan fingerprint density at radius 3 is 2.56 bits per heavy atom. The van der Waals surface area contributed by atoms with Crippen LogP contribution in [0.2, 0.25) is 5.02 Å². The summed E-state index contributed by atoms with van der Waals surface area (Å²) >= 11 is 6.30. The van der Waals surface area contributed by atoms with E-state index in [1.807, 2.05) is 0 Å². The van der Waals surface area contributed by atoms with Crippen molar-refractivity contribution >= 4 is 45.8 Å². The number of alkyl halides is 5. The van der Waals surface area contributed by atoms with Crippen LogP contribution in [0.5, 0.6) is 0 Å². The number of fused-ring (bicyclic) bond motifs is 4. The maximum atomic E-state index is 14.2. The lowest BCUT2D eigenvalue weighted by molar-refractivity contribution is -0.258. The molecule has 43 heavy (non-hydrogen) atoms. The first-order valence-electron chi connectivity index (χ1n) is 12.4. The quantitative estimate of drug-likeness (QED) is 0.247. The average Bonchev–Trinajstić information content (AvgIpc) is 3.57. The monoisotopic (exact) mass is 627 g/mol. The van der Waals surface area contributed by atoms with Gasteiger partial charge in [0.05, 0.1) is 41.2 Å². The molecule has 4 aromatic rings. The lowest BCUT2D eigenvalue weighted by atomic mass is 9.94. The predicted octanol–water partition coefficient (Wildman–Crippen LogP) is 5.87. The molecule has 3 N–H and O–H groups in total. The molecule has 0 spiro atoms. The lowest BCUT2D eigenvalue weighted by Gasteiger charge is -2.27. The van der Waals surface area contributed by atoms with Gasteiger partial charge >= 0.3 is 12.2 Å². The van der Waals surface area contributed by atoms with Crippen molar-refractivity contribution in [2.24, 2.45) is 0 Å². The van der Waals surface area contributed by atoms with Crippen LogP contribution >= 0.6 is 11.6 Å². The third-order valence-corrected chi connectivity index (χ3v) is 7.74. The smallest absolute Gasteiger partial charge is 0.375 e. The van der Waals surface area contributed by atoms with Crippen LogP contribution in [0.3, 0.4) is 0 Å². The fraction of sp³-hybridized carbons (Fsp3) is 0.222. The summed E-state index contributed by atoms with van der Waals surface area (Å²) in [5.74, 6) is -2.55. The van der Waals surface area contributed by atoms with E-state index in [-0.39, 0.29) is 38.3 Å². The van der Waals surface area contributed by atoms with E-state index in [1.165, 1.54) is 12.1 Å². The van der Waals surface area contributed by atoms with Crippen LogP contribution in [0, 0.1) is 11.6 Å². The molecule has 1 unspecified atom stereocenters. The van der Waals surface area contributed by atoms with E-state index >= 15 is 0 Å². The number of carbonyl (C=O) groups is 2. The minimum atomic E-state index is -5.30. The van der Waals surface area contributed by atoms with Crippen molar-refractivity contribution in [3.63, 3.8) is 0 Å². The number of carbonyl (C=O) groups excluding carboxylic acids is 2. The van der Waals surface area contributed by atoms with Crippen molar-refractivity contribution in [2.75, 3.05) is 16.8 Å². The Morgan fingerprint density at radius 2 is 1.86 bits per heavy atom. The maximum Gasteiger partial charge on any atom is 0.423 e. The summed E-state index contributed by atoms with van der Waals surface area (Å²) in [4.78, 5) is 27.3. The van der Waals surface area contributed by atoms with Crippen molar-refractivity contribution in [1.82, 2.24) is 15.1 Å². The minimum Gasteiger partial charge on any atom is -0.375 e. The zero-order valence-corrected chi connectivity index (χ0v) is 22.1. The molecule has 3 amide bonds. The number of nitrogens with one attached hydrogen (secondary N) is 2. The van der Waals surface area contributed by atoms with Gasteiger partial charge in [-0.15, -0.1) is 0 Å². The lowest BCUT2D eigenvalue weighted by Crippen LogP contribution is -2.48. The van der Waals surface area contributed by atoms with E-state index in [4.69, 9.17) is 11.6 Å². The Bertz CT molecular complexity index is 1830. The molecule has 6 rings (SSSR count). The Morgan fingerprint density at radius 1 is 1.16 bits per heavy atom. The summed E-state index contributed by atoms with van der Waals surface area (Å²) in [6.07, 6.45) is -7.00. The molecule has 16 heteroatoms. The second-order valence-corrected chi connectivity index (χ2v) is 10.4. The second-order valence-electron chi connectivity index (χ2n) is 9.97. The van der Waals surface area contributed by atoms with Crippen LogP contribution in [0.1, 0.15) is 33.1 Å². The Balaban J connectivity index is 1.50. The topological polar surface area (TPSA) is 99.5 Å². The molecule has 1 aromatic heterocycles. The highest BCUT2D eigenvalue weighted by Crippen LogP contribution is 2.49. The van der Waals surface area contributed by atoms with Crippen LogP contribution < -0.4 is 15.5 Å². The van der Waals surface area contributed by atoms with Crippen molar-refractivity contribution in [3.8, 4) is 0 Å². The number of aliphatic hydroxyl groups is 1. The van der Waals surface area contributed by atoms with E-state index in [0.29, 0.717) is 11.0 Å². The minimum absolute atomic E-state index is 0.0135.